The number of rotatable bonds is 4. The third-order valence-corrected chi connectivity index (χ3v) is 3.35. The Hall–Kier alpha value is -1.86. The van der Waals surface area contributed by atoms with Crippen LogP contribution in [0, 0.1) is 17.8 Å². The number of aromatic nitrogens is 1. The Kier molecular flexibility index (Phi) is 6.20. The highest BCUT2D eigenvalue weighted by Crippen LogP contribution is 2.11. The molecular formula is C16H22N2O2. The van der Waals surface area contributed by atoms with Crippen molar-refractivity contribution in [2.75, 3.05) is 13.7 Å². The van der Waals surface area contributed by atoms with Gasteiger partial charge in [-0.3, -0.25) is 4.79 Å². The van der Waals surface area contributed by atoms with Gasteiger partial charge >= 0.3 is 0 Å². The zero-order chi connectivity index (χ0) is 15.1. The number of nitrogens with zero attached hydrogens (tertiary/aromatic N) is 2. The van der Waals surface area contributed by atoms with E-state index in [4.69, 9.17) is 5.11 Å². The molecule has 0 saturated carbocycles. The standard InChI is InChI=1S/C16H22N2O2/c1-12(2)13(3)18(4)16(20)15-9-8-14(11-17-15)7-5-6-10-19/h8-9,11-13,19H,6,10H2,1-4H3. The number of amides is 1. The fourth-order valence-corrected chi connectivity index (χ4v) is 1.63. The van der Waals surface area contributed by atoms with Crippen molar-refractivity contribution >= 4 is 5.91 Å². The minimum absolute atomic E-state index is 0.0505. The van der Waals surface area contributed by atoms with E-state index in [2.05, 4.69) is 30.7 Å². The lowest BCUT2D eigenvalue weighted by atomic mass is 10.0. The van der Waals surface area contributed by atoms with Gasteiger partial charge in [0.1, 0.15) is 5.69 Å². The second-order valence-electron chi connectivity index (χ2n) is 5.11. The van der Waals surface area contributed by atoms with E-state index >= 15 is 0 Å². The van der Waals surface area contributed by atoms with E-state index in [0.29, 0.717) is 18.0 Å². The van der Waals surface area contributed by atoms with Gasteiger partial charge in [-0.2, -0.15) is 0 Å². The summed E-state index contributed by atoms with van der Waals surface area (Å²) in [6, 6.07) is 3.63. The van der Waals surface area contributed by atoms with Gasteiger partial charge in [0.2, 0.25) is 0 Å². The van der Waals surface area contributed by atoms with Crippen molar-refractivity contribution in [3.05, 3.63) is 29.6 Å². The summed E-state index contributed by atoms with van der Waals surface area (Å²) in [6.45, 7) is 6.25. The number of aliphatic hydroxyl groups is 1. The first-order chi connectivity index (χ1) is 9.47. The number of carbonyl (C=O) groups is 1. The predicted octanol–water partition coefficient (Wildman–Crippen LogP) is 1.93. The molecule has 1 heterocycles. The predicted molar refractivity (Wildman–Crippen MR) is 79.2 cm³/mol. The lowest BCUT2D eigenvalue weighted by molar-refractivity contribution is 0.0701. The van der Waals surface area contributed by atoms with Crippen LogP contribution < -0.4 is 0 Å². The van der Waals surface area contributed by atoms with Crippen LogP contribution in [-0.2, 0) is 0 Å². The summed E-state index contributed by atoms with van der Waals surface area (Å²) in [5, 5.41) is 8.65. The minimum atomic E-state index is -0.0823. The maximum absolute atomic E-state index is 12.3. The molecule has 0 saturated heterocycles. The van der Waals surface area contributed by atoms with Gasteiger partial charge in [0.05, 0.1) is 6.61 Å². The average Bonchev–Trinajstić information content (AvgIpc) is 2.46. The van der Waals surface area contributed by atoms with Gasteiger partial charge in [-0.1, -0.05) is 25.7 Å². The zero-order valence-electron chi connectivity index (χ0n) is 12.6. The molecule has 0 fully saturated rings. The van der Waals surface area contributed by atoms with Gasteiger partial charge in [-0.05, 0) is 25.0 Å². The van der Waals surface area contributed by atoms with Gasteiger partial charge in [-0.15, -0.1) is 0 Å². The Bertz CT molecular complexity index is 497. The van der Waals surface area contributed by atoms with E-state index in [1.165, 1.54) is 0 Å². The van der Waals surface area contributed by atoms with Crippen LogP contribution >= 0.6 is 0 Å². The summed E-state index contributed by atoms with van der Waals surface area (Å²) in [7, 11) is 1.80. The normalized spacial score (nSPS) is 11.7. The maximum Gasteiger partial charge on any atom is 0.272 e. The Balaban J connectivity index is 2.78. The molecule has 0 bridgehead atoms. The molecule has 0 aliphatic carbocycles. The second-order valence-corrected chi connectivity index (χ2v) is 5.11. The smallest absolute Gasteiger partial charge is 0.272 e. The molecule has 1 N–H and O–H groups in total. The summed E-state index contributed by atoms with van der Waals surface area (Å²) in [5.41, 5.74) is 1.17. The second kappa shape index (κ2) is 7.66. The highest BCUT2D eigenvalue weighted by Gasteiger charge is 2.20. The molecule has 1 rings (SSSR count). The molecule has 20 heavy (non-hydrogen) atoms. The highest BCUT2D eigenvalue weighted by molar-refractivity contribution is 5.92. The number of hydrogen-bond donors (Lipinski definition) is 1. The Morgan fingerprint density at radius 3 is 2.60 bits per heavy atom. The average molecular weight is 274 g/mol. The van der Waals surface area contributed by atoms with E-state index in [1.807, 2.05) is 6.92 Å². The molecule has 0 radical (unpaired) electrons. The van der Waals surface area contributed by atoms with Crippen molar-refractivity contribution in [3.63, 3.8) is 0 Å². The first-order valence-corrected chi connectivity index (χ1v) is 6.80. The van der Waals surface area contributed by atoms with Gasteiger partial charge in [0.25, 0.3) is 5.91 Å². The quantitative estimate of drug-likeness (QED) is 0.854. The molecule has 1 amide bonds. The summed E-state index contributed by atoms with van der Waals surface area (Å²) in [4.78, 5) is 18.1. The van der Waals surface area contributed by atoms with Gasteiger partial charge in [0, 0.05) is 31.3 Å². The molecule has 0 aliphatic heterocycles. The molecule has 0 aromatic carbocycles. The van der Waals surface area contributed by atoms with Crippen molar-refractivity contribution in [1.29, 1.82) is 0 Å². The number of pyridine rings is 1. The van der Waals surface area contributed by atoms with Crippen molar-refractivity contribution in [2.45, 2.75) is 33.2 Å². The van der Waals surface area contributed by atoms with E-state index in [-0.39, 0.29) is 18.6 Å². The lowest BCUT2D eigenvalue weighted by Gasteiger charge is -2.27. The van der Waals surface area contributed by atoms with E-state index in [0.717, 1.165) is 5.56 Å². The van der Waals surface area contributed by atoms with Crippen LogP contribution in [0.2, 0.25) is 0 Å². The third kappa shape index (κ3) is 4.36. The molecule has 1 unspecified atom stereocenters. The molecule has 1 aromatic heterocycles. The van der Waals surface area contributed by atoms with Crippen LogP contribution in [0.5, 0.6) is 0 Å². The number of aliphatic hydroxyl groups excluding tert-OH is 1. The molecule has 4 heteroatoms. The highest BCUT2D eigenvalue weighted by atomic mass is 16.2. The van der Waals surface area contributed by atoms with Gasteiger partial charge in [-0.25, -0.2) is 4.98 Å². The molecule has 1 aromatic rings. The van der Waals surface area contributed by atoms with Crippen LogP contribution in [0.3, 0.4) is 0 Å². The van der Waals surface area contributed by atoms with Crippen LogP contribution in [0.15, 0.2) is 18.3 Å². The third-order valence-electron chi connectivity index (χ3n) is 3.35. The van der Waals surface area contributed by atoms with Crippen LogP contribution in [-0.4, -0.2) is 40.6 Å². The topological polar surface area (TPSA) is 53.4 Å². The SMILES string of the molecule is CC(C)C(C)N(C)C(=O)c1ccc(C#CCCO)cn1. The molecule has 108 valence electrons. The summed E-state index contributed by atoms with van der Waals surface area (Å²) in [5.74, 6) is 6.02. The van der Waals surface area contributed by atoms with Crippen molar-refractivity contribution in [3.8, 4) is 11.8 Å². The van der Waals surface area contributed by atoms with E-state index in [9.17, 15) is 4.79 Å². The van der Waals surface area contributed by atoms with Crippen LogP contribution in [0.4, 0.5) is 0 Å². The zero-order valence-corrected chi connectivity index (χ0v) is 12.6. The largest absolute Gasteiger partial charge is 0.395 e. The number of hydrogen-bond acceptors (Lipinski definition) is 3. The summed E-state index contributed by atoms with van der Waals surface area (Å²) < 4.78 is 0. The minimum Gasteiger partial charge on any atom is -0.395 e. The molecule has 4 nitrogen and oxygen atoms in total. The first kappa shape index (κ1) is 16.2. The van der Waals surface area contributed by atoms with Crippen LogP contribution in [0.1, 0.15) is 43.2 Å². The maximum atomic E-state index is 12.3. The fraction of sp³-hybridized carbons (Fsp3) is 0.500. The molecular weight excluding hydrogens is 252 g/mol. The lowest BCUT2D eigenvalue weighted by Crippen LogP contribution is -2.38. The molecule has 0 spiro atoms. The van der Waals surface area contributed by atoms with Crippen LogP contribution in [0.25, 0.3) is 0 Å². The monoisotopic (exact) mass is 274 g/mol. The van der Waals surface area contributed by atoms with Gasteiger partial charge in [0.15, 0.2) is 0 Å². The Morgan fingerprint density at radius 2 is 2.10 bits per heavy atom. The Labute approximate surface area is 120 Å². The van der Waals surface area contributed by atoms with E-state index < -0.39 is 0 Å². The van der Waals surface area contributed by atoms with E-state index in [1.54, 1.807) is 30.3 Å². The number of carbonyl (C=O) groups excluding carboxylic acids is 1. The van der Waals surface area contributed by atoms with Crippen molar-refractivity contribution in [2.24, 2.45) is 5.92 Å². The Morgan fingerprint density at radius 1 is 1.40 bits per heavy atom. The summed E-state index contributed by atoms with van der Waals surface area (Å²) in [6.07, 6.45) is 2.03. The van der Waals surface area contributed by atoms with Crippen molar-refractivity contribution in [1.82, 2.24) is 9.88 Å². The van der Waals surface area contributed by atoms with Gasteiger partial charge < -0.3 is 10.0 Å². The fourth-order valence-electron chi connectivity index (χ4n) is 1.63. The van der Waals surface area contributed by atoms with Crippen molar-refractivity contribution < 1.29 is 9.90 Å². The molecule has 0 aliphatic rings. The molecule has 1 atom stereocenters. The summed E-state index contributed by atoms with van der Waals surface area (Å²) >= 11 is 0. The first-order valence-electron chi connectivity index (χ1n) is 6.80.